The minimum absolute atomic E-state index is 0.0417. The summed E-state index contributed by atoms with van der Waals surface area (Å²) >= 11 is 1.47. The van der Waals surface area contributed by atoms with Gasteiger partial charge in [-0.25, -0.2) is 0 Å². The van der Waals surface area contributed by atoms with Crippen molar-refractivity contribution in [2.75, 3.05) is 34.9 Å². The van der Waals surface area contributed by atoms with Gasteiger partial charge >= 0.3 is 0 Å². The third kappa shape index (κ3) is 11.3. The summed E-state index contributed by atoms with van der Waals surface area (Å²) in [5.74, 6) is 1.38. The van der Waals surface area contributed by atoms with Crippen molar-refractivity contribution in [2.45, 2.75) is 53.6 Å². The molecule has 1 aromatic heterocycles. The Morgan fingerprint density at radius 1 is 1.03 bits per heavy atom. The van der Waals surface area contributed by atoms with E-state index in [9.17, 15) is 9.59 Å². The fourth-order valence-corrected chi connectivity index (χ4v) is 2.92. The van der Waals surface area contributed by atoms with E-state index in [1.165, 1.54) is 11.3 Å². The number of hydrogen-bond donors (Lipinski definition) is 1. The van der Waals surface area contributed by atoms with Gasteiger partial charge in [0.1, 0.15) is 6.29 Å². The maximum Gasteiger partial charge on any atom is 0.162 e. The van der Waals surface area contributed by atoms with Crippen LogP contribution in [-0.4, -0.2) is 53.1 Å². The molecule has 2 rings (SSSR count). The van der Waals surface area contributed by atoms with Gasteiger partial charge in [0.05, 0.1) is 24.7 Å². The molecular weight excluding hydrogens is 402 g/mol. The van der Waals surface area contributed by atoms with E-state index in [1.807, 2.05) is 60.7 Å². The number of aryl methyl sites for hydroxylation is 1. The van der Waals surface area contributed by atoms with Crippen LogP contribution < -0.4 is 14.8 Å². The molecular formula is C23H39NO5S. The lowest BCUT2D eigenvalue weighted by Gasteiger charge is -2.14. The molecule has 2 aromatic rings. The number of rotatable bonds is 6. The van der Waals surface area contributed by atoms with Crippen molar-refractivity contribution in [1.82, 2.24) is 5.32 Å². The van der Waals surface area contributed by atoms with Gasteiger partial charge in [-0.3, -0.25) is 4.79 Å². The summed E-state index contributed by atoms with van der Waals surface area (Å²) in [5, 5.41) is 3.88. The van der Waals surface area contributed by atoms with E-state index in [-0.39, 0.29) is 5.60 Å². The van der Waals surface area contributed by atoms with Crippen LogP contribution in [-0.2, 0) is 9.53 Å². The lowest BCUT2D eigenvalue weighted by molar-refractivity contribution is -0.107. The fourth-order valence-electron chi connectivity index (χ4n) is 1.88. The van der Waals surface area contributed by atoms with Crippen LogP contribution in [0.1, 0.15) is 56.3 Å². The number of thiophene rings is 1. The standard InChI is InChI=1S/C12H12O3S.C5H12O.C4H9NO.C2H6/c1-7-8-4-9(14-2)10(15-3)5-11(8)16-12(7)6-13;1-5(2,3)6-4;1-5-3-2-4-6;1-2/h4-6H,1-3H3;1-4H3;4-5H,2-3H2,1H3;1-2H3. The van der Waals surface area contributed by atoms with Crippen LogP contribution in [0.25, 0.3) is 10.1 Å². The normalized spacial score (nSPS) is 9.80. The smallest absolute Gasteiger partial charge is 0.162 e. The van der Waals surface area contributed by atoms with E-state index in [0.717, 1.165) is 39.6 Å². The maximum absolute atomic E-state index is 10.9. The molecule has 0 aliphatic carbocycles. The van der Waals surface area contributed by atoms with Gasteiger partial charge in [-0.2, -0.15) is 0 Å². The van der Waals surface area contributed by atoms with Crippen molar-refractivity contribution in [3.05, 3.63) is 22.6 Å². The first kappa shape index (κ1) is 30.2. The van der Waals surface area contributed by atoms with Crippen LogP contribution in [0, 0.1) is 6.92 Å². The van der Waals surface area contributed by atoms with E-state index < -0.39 is 0 Å². The van der Waals surface area contributed by atoms with Gasteiger partial charge in [-0.15, -0.1) is 11.3 Å². The van der Waals surface area contributed by atoms with E-state index in [0.29, 0.717) is 17.9 Å². The Bertz CT molecular complexity index is 735. The van der Waals surface area contributed by atoms with E-state index in [2.05, 4.69) is 5.32 Å². The highest BCUT2D eigenvalue weighted by Gasteiger charge is 2.12. The Morgan fingerprint density at radius 3 is 1.87 bits per heavy atom. The highest BCUT2D eigenvalue weighted by molar-refractivity contribution is 7.20. The minimum atomic E-state index is 0.0417. The highest BCUT2D eigenvalue weighted by atomic mass is 32.1. The van der Waals surface area contributed by atoms with Crippen molar-refractivity contribution in [3.63, 3.8) is 0 Å². The van der Waals surface area contributed by atoms with Crippen LogP contribution in [0.4, 0.5) is 0 Å². The molecule has 1 heterocycles. The number of methoxy groups -OCH3 is 3. The van der Waals surface area contributed by atoms with Crippen LogP contribution in [0.3, 0.4) is 0 Å². The van der Waals surface area contributed by atoms with Gasteiger partial charge in [0.25, 0.3) is 0 Å². The average molecular weight is 442 g/mol. The van der Waals surface area contributed by atoms with Crippen LogP contribution in [0.2, 0.25) is 0 Å². The van der Waals surface area contributed by atoms with Gasteiger partial charge in [0.15, 0.2) is 17.8 Å². The summed E-state index contributed by atoms with van der Waals surface area (Å²) in [4.78, 5) is 21.1. The first-order chi connectivity index (χ1) is 14.2. The average Bonchev–Trinajstić information content (AvgIpc) is 3.07. The first-order valence-corrected chi connectivity index (χ1v) is 10.7. The second-order valence-electron chi connectivity index (χ2n) is 6.79. The Kier molecular flexibility index (Phi) is 16.9. The van der Waals surface area contributed by atoms with E-state index >= 15 is 0 Å². The summed E-state index contributed by atoms with van der Waals surface area (Å²) in [5.41, 5.74) is 1.04. The van der Waals surface area contributed by atoms with Gasteiger partial charge in [-0.1, -0.05) is 13.8 Å². The molecule has 30 heavy (non-hydrogen) atoms. The van der Waals surface area contributed by atoms with Crippen molar-refractivity contribution < 1.29 is 23.8 Å². The predicted octanol–water partition coefficient (Wildman–Crippen LogP) is 5.29. The number of ether oxygens (including phenoxy) is 3. The third-order valence-electron chi connectivity index (χ3n) is 3.71. The van der Waals surface area contributed by atoms with Crippen molar-refractivity contribution in [2.24, 2.45) is 0 Å². The van der Waals surface area contributed by atoms with Crippen molar-refractivity contribution in [1.29, 1.82) is 0 Å². The van der Waals surface area contributed by atoms with Crippen LogP contribution >= 0.6 is 11.3 Å². The lowest BCUT2D eigenvalue weighted by Crippen LogP contribution is -2.15. The number of hydrogen-bond acceptors (Lipinski definition) is 7. The van der Waals surface area contributed by atoms with Gasteiger partial charge in [0.2, 0.25) is 0 Å². The molecule has 1 N–H and O–H groups in total. The number of benzene rings is 1. The molecule has 0 fully saturated rings. The molecule has 172 valence electrons. The summed E-state index contributed by atoms with van der Waals surface area (Å²) in [7, 11) is 6.74. The van der Waals surface area contributed by atoms with Crippen LogP contribution in [0.15, 0.2) is 12.1 Å². The van der Waals surface area contributed by atoms with Crippen molar-refractivity contribution >= 4 is 34.0 Å². The topological polar surface area (TPSA) is 73.9 Å². The molecule has 0 saturated heterocycles. The Balaban J connectivity index is 0. The molecule has 0 atom stereocenters. The van der Waals surface area contributed by atoms with Crippen LogP contribution in [0.5, 0.6) is 11.5 Å². The lowest BCUT2D eigenvalue weighted by atomic mass is 10.1. The molecule has 0 saturated carbocycles. The quantitative estimate of drug-likeness (QED) is 0.485. The monoisotopic (exact) mass is 441 g/mol. The molecule has 0 spiro atoms. The second kappa shape index (κ2) is 16.8. The number of carbonyl (C=O) groups excluding carboxylic acids is 2. The van der Waals surface area contributed by atoms with E-state index in [1.54, 1.807) is 21.3 Å². The summed E-state index contributed by atoms with van der Waals surface area (Å²) in [6.45, 7) is 12.8. The first-order valence-electron chi connectivity index (χ1n) is 9.92. The molecule has 0 unspecified atom stereocenters. The predicted molar refractivity (Wildman–Crippen MR) is 128 cm³/mol. The Labute approximate surface area is 185 Å². The zero-order valence-corrected chi connectivity index (χ0v) is 21.0. The number of fused-ring (bicyclic) bond motifs is 1. The van der Waals surface area contributed by atoms with Gasteiger partial charge in [-0.05, 0) is 46.4 Å². The molecule has 6 nitrogen and oxygen atoms in total. The number of aldehydes is 2. The number of nitrogens with one attached hydrogen (secondary N) is 1. The number of carbonyl (C=O) groups is 2. The zero-order chi connectivity index (χ0) is 23.7. The molecule has 0 aliphatic rings. The Morgan fingerprint density at radius 2 is 1.53 bits per heavy atom. The van der Waals surface area contributed by atoms with Gasteiger partial charge < -0.3 is 24.3 Å². The maximum atomic E-state index is 10.9. The summed E-state index contributed by atoms with van der Waals surface area (Å²) < 4.78 is 16.4. The molecule has 0 amide bonds. The summed E-state index contributed by atoms with van der Waals surface area (Å²) in [6.07, 6.45) is 2.41. The minimum Gasteiger partial charge on any atom is -0.493 e. The molecule has 0 bridgehead atoms. The molecule has 7 heteroatoms. The fraction of sp³-hybridized carbons (Fsp3) is 0.565. The highest BCUT2D eigenvalue weighted by Crippen LogP contribution is 2.38. The largest absolute Gasteiger partial charge is 0.493 e. The Hall–Kier alpha value is -1.96. The SMILES string of the molecule is CC.CNCCC=O.COC(C)(C)C.COc1cc2sc(C=O)c(C)c2cc1OC. The zero-order valence-electron chi connectivity index (χ0n) is 20.2. The molecule has 0 aliphatic heterocycles. The third-order valence-corrected chi connectivity index (χ3v) is 4.89. The summed E-state index contributed by atoms with van der Waals surface area (Å²) in [6, 6.07) is 3.81. The van der Waals surface area contributed by atoms with Crippen molar-refractivity contribution in [3.8, 4) is 11.5 Å². The molecule has 1 aromatic carbocycles. The molecule has 0 radical (unpaired) electrons. The second-order valence-corrected chi connectivity index (χ2v) is 7.87. The van der Waals surface area contributed by atoms with E-state index in [4.69, 9.17) is 14.2 Å². The van der Waals surface area contributed by atoms with Gasteiger partial charge in [0, 0.05) is 36.2 Å².